The zero-order valence-corrected chi connectivity index (χ0v) is 11.9. The average molecular weight is 320 g/mol. The van der Waals surface area contributed by atoms with Crippen molar-refractivity contribution < 1.29 is 9.90 Å². The third-order valence-electron chi connectivity index (χ3n) is 2.74. The lowest BCUT2D eigenvalue weighted by Gasteiger charge is -2.05. The number of amides is 1. The van der Waals surface area contributed by atoms with Gasteiger partial charge in [-0.3, -0.25) is 4.79 Å². The molecule has 4 heteroatoms. The van der Waals surface area contributed by atoms with Crippen LogP contribution in [0, 0.1) is 0 Å². The average Bonchev–Trinajstić information content (AvgIpc) is 2.41. The summed E-state index contributed by atoms with van der Waals surface area (Å²) in [6.45, 7) is 0.585. The fourth-order valence-electron chi connectivity index (χ4n) is 1.69. The quantitative estimate of drug-likeness (QED) is 0.909. The highest BCUT2D eigenvalue weighted by molar-refractivity contribution is 9.10. The van der Waals surface area contributed by atoms with E-state index in [0.717, 1.165) is 10.9 Å². The summed E-state index contributed by atoms with van der Waals surface area (Å²) in [6.07, 6.45) is 0.789. The van der Waals surface area contributed by atoms with Crippen LogP contribution in [0.5, 0.6) is 5.75 Å². The lowest BCUT2D eigenvalue weighted by atomic mass is 10.1. The standard InChI is InChI=1S/C15H14BrNO2/c16-13-5-1-11(2-6-13)9-10-17-15(19)12-3-7-14(18)8-4-12/h1-8,18H,9-10H2,(H,17,19). The van der Waals surface area contributed by atoms with Crippen LogP contribution >= 0.6 is 15.9 Å². The molecule has 2 aromatic carbocycles. The van der Waals surface area contributed by atoms with Crippen LogP contribution in [0.3, 0.4) is 0 Å². The van der Waals surface area contributed by atoms with Gasteiger partial charge in [0.25, 0.3) is 5.91 Å². The number of phenolic OH excluding ortho intramolecular Hbond substituents is 1. The van der Waals surface area contributed by atoms with E-state index in [1.807, 2.05) is 24.3 Å². The number of aromatic hydroxyl groups is 1. The lowest BCUT2D eigenvalue weighted by Crippen LogP contribution is -2.25. The van der Waals surface area contributed by atoms with Crippen molar-refractivity contribution >= 4 is 21.8 Å². The molecule has 2 rings (SSSR count). The molecule has 0 fully saturated rings. The van der Waals surface area contributed by atoms with Gasteiger partial charge < -0.3 is 10.4 Å². The first-order valence-corrected chi connectivity index (χ1v) is 6.76. The summed E-state index contributed by atoms with van der Waals surface area (Å²) in [5.74, 6) is 0.0310. The molecule has 0 spiro atoms. The van der Waals surface area contributed by atoms with E-state index in [4.69, 9.17) is 5.11 Å². The molecule has 0 aromatic heterocycles. The molecule has 0 aliphatic rings. The predicted octanol–water partition coefficient (Wildman–Crippen LogP) is 3.13. The Bertz CT molecular complexity index is 549. The summed E-state index contributed by atoms with van der Waals surface area (Å²) >= 11 is 3.38. The Morgan fingerprint density at radius 3 is 2.32 bits per heavy atom. The lowest BCUT2D eigenvalue weighted by molar-refractivity contribution is 0.0954. The monoisotopic (exact) mass is 319 g/mol. The van der Waals surface area contributed by atoms with E-state index >= 15 is 0 Å². The molecule has 2 N–H and O–H groups in total. The van der Waals surface area contributed by atoms with Crippen LogP contribution in [0.15, 0.2) is 53.0 Å². The van der Waals surface area contributed by atoms with Crippen molar-refractivity contribution in [2.45, 2.75) is 6.42 Å². The van der Waals surface area contributed by atoms with Gasteiger partial charge in [0.05, 0.1) is 0 Å². The zero-order chi connectivity index (χ0) is 13.7. The SMILES string of the molecule is O=C(NCCc1ccc(Br)cc1)c1ccc(O)cc1. The third-order valence-corrected chi connectivity index (χ3v) is 3.27. The summed E-state index contributed by atoms with van der Waals surface area (Å²) in [7, 11) is 0. The first-order chi connectivity index (χ1) is 9.15. The molecule has 3 nitrogen and oxygen atoms in total. The molecule has 0 saturated carbocycles. The topological polar surface area (TPSA) is 49.3 Å². The molecule has 0 aliphatic heterocycles. The van der Waals surface area contributed by atoms with Crippen molar-refractivity contribution in [3.05, 3.63) is 64.1 Å². The molecule has 0 heterocycles. The van der Waals surface area contributed by atoms with Gasteiger partial charge in [0.2, 0.25) is 0 Å². The summed E-state index contributed by atoms with van der Waals surface area (Å²) in [6, 6.07) is 14.2. The van der Waals surface area contributed by atoms with Crippen molar-refractivity contribution in [3.63, 3.8) is 0 Å². The second kappa shape index (κ2) is 6.38. The molecule has 2 aromatic rings. The van der Waals surface area contributed by atoms with Gasteiger partial charge in [0, 0.05) is 16.6 Å². The van der Waals surface area contributed by atoms with Gasteiger partial charge in [-0.2, -0.15) is 0 Å². The molecule has 0 unspecified atom stereocenters. The number of carbonyl (C=O) groups is 1. The highest BCUT2D eigenvalue weighted by atomic mass is 79.9. The molecule has 0 atom stereocenters. The molecule has 1 amide bonds. The van der Waals surface area contributed by atoms with Crippen LogP contribution in [0.1, 0.15) is 15.9 Å². The minimum absolute atomic E-state index is 0.128. The number of phenols is 1. The number of rotatable bonds is 4. The Labute approximate surface area is 120 Å². The largest absolute Gasteiger partial charge is 0.508 e. The highest BCUT2D eigenvalue weighted by Crippen LogP contribution is 2.11. The van der Waals surface area contributed by atoms with Crippen molar-refractivity contribution in [2.24, 2.45) is 0 Å². The third kappa shape index (κ3) is 4.10. The smallest absolute Gasteiger partial charge is 0.251 e. The van der Waals surface area contributed by atoms with Crippen LogP contribution in [0.25, 0.3) is 0 Å². The normalized spacial score (nSPS) is 10.2. The number of carbonyl (C=O) groups excluding carboxylic acids is 1. The van der Waals surface area contributed by atoms with Crippen molar-refractivity contribution in [3.8, 4) is 5.75 Å². The van der Waals surface area contributed by atoms with Crippen molar-refractivity contribution in [2.75, 3.05) is 6.54 Å². The Balaban J connectivity index is 1.84. The summed E-state index contributed by atoms with van der Waals surface area (Å²) in [4.78, 5) is 11.8. The van der Waals surface area contributed by atoms with Crippen LogP contribution in [0.4, 0.5) is 0 Å². The van der Waals surface area contributed by atoms with Gasteiger partial charge in [-0.05, 0) is 48.4 Å². The molecule has 98 valence electrons. The van der Waals surface area contributed by atoms with Crippen LogP contribution in [0.2, 0.25) is 0 Å². The highest BCUT2D eigenvalue weighted by Gasteiger charge is 2.04. The molecular formula is C15H14BrNO2. The summed E-state index contributed by atoms with van der Waals surface area (Å²) in [5.41, 5.74) is 1.72. The Kier molecular flexibility index (Phi) is 4.58. The van der Waals surface area contributed by atoms with E-state index in [1.54, 1.807) is 12.1 Å². The second-order valence-electron chi connectivity index (χ2n) is 4.18. The zero-order valence-electron chi connectivity index (χ0n) is 10.3. The maximum atomic E-state index is 11.8. The number of halogens is 1. The molecule has 19 heavy (non-hydrogen) atoms. The first-order valence-electron chi connectivity index (χ1n) is 5.97. The molecule has 0 aliphatic carbocycles. The number of nitrogens with one attached hydrogen (secondary N) is 1. The van der Waals surface area contributed by atoms with Crippen molar-refractivity contribution in [1.82, 2.24) is 5.32 Å². The summed E-state index contributed by atoms with van der Waals surface area (Å²) < 4.78 is 1.05. The fraction of sp³-hybridized carbons (Fsp3) is 0.133. The van der Waals surface area contributed by atoms with Gasteiger partial charge >= 0.3 is 0 Å². The van der Waals surface area contributed by atoms with Crippen LogP contribution in [-0.2, 0) is 6.42 Å². The molecule has 0 bridgehead atoms. The van der Waals surface area contributed by atoms with E-state index in [1.165, 1.54) is 17.7 Å². The molecular weight excluding hydrogens is 306 g/mol. The van der Waals surface area contributed by atoms with Gasteiger partial charge in [-0.25, -0.2) is 0 Å². The van der Waals surface area contributed by atoms with E-state index in [9.17, 15) is 4.79 Å². The van der Waals surface area contributed by atoms with Crippen molar-refractivity contribution in [1.29, 1.82) is 0 Å². The van der Waals surface area contributed by atoms with E-state index < -0.39 is 0 Å². The summed E-state index contributed by atoms with van der Waals surface area (Å²) in [5, 5.41) is 12.0. The second-order valence-corrected chi connectivity index (χ2v) is 5.09. The van der Waals surface area contributed by atoms with Gasteiger partial charge in [0.1, 0.15) is 5.75 Å². The maximum absolute atomic E-state index is 11.8. The Morgan fingerprint density at radius 2 is 1.68 bits per heavy atom. The maximum Gasteiger partial charge on any atom is 0.251 e. The predicted molar refractivity (Wildman–Crippen MR) is 78.3 cm³/mol. The molecule has 0 radical (unpaired) electrons. The Morgan fingerprint density at radius 1 is 1.05 bits per heavy atom. The minimum Gasteiger partial charge on any atom is -0.508 e. The minimum atomic E-state index is -0.128. The number of benzene rings is 2. The van der Waals surface area contributed by atoms with E-state index in [0.29, 0.717) is 12.1 Å². The Hall–Kier alpha value is -1.81. The van der Waals surface area contributed by atoms with Gasteiger partial charge in [-0.15, -0.1) is 0 Å². The molecule has 0 saturated heterocycles. The number of hydrogen-bond acceptors (Lipinski definition) is 2. The van der Waals surface area contributed by atoms with Crippen LogP contribution in [-0.4, -0.2) is 17.6 Å². The van der Waals surface area contributed by atoms with Crippen LogP contribution < -0.4 is 5.32 Å². The van der Waals surface area contributed by atoms with Gasteiger partial charge in [-0.1, -0.05) is 28.1 Å². The van der Waals surface area contributed by atoms with E-state index in [-0.39, 0.29) is 11.7 Å². The fourth-order valence-corrected chi connectivity index (χ4v) is 1.95. The number of hydrogen-bond donors (Lipinski definition) is 2. The first kappa shape index (κ1) is 13.6. The van der Waals surface area contributed by atoms with E-state index in [2.05, 4.69) is 21.2 Å². The van der Waals surface area contributed by atoms with Gasteiger partial charge in [0.15, 0.2) is 0 Å².